The van der Waals surface area contributed by atoms with Crippen LogP contribution in [-0.2, 0) is 19.3 Å². The quantitative estimate of drug-likeness (QED) is 0.375. The van der Waals surface area contributed by atoms with Gasteiger partial charge in [-0.15, -0.1) is 0 Å². The van der Waals surface area contributed by atoms with E-state index in [2.05, 4.69) is 85.8 Å². The molecular formula is C29H32O. The molecule has 1 atom stereocenters. The zero-order valence-electron chi connectivity index (χ0n) is 18.2. The molecule has 0 heterocycles. The van der Waals surface area contributed by atoms with E-state index in [1.54, 1.807) is 0 Å². The lowest BCUT2D eigenvalue weighted by molar-refractivity contribution is 0.340. The van der Waals surface area contributed by atoms with E-state index in [9.17, 15) is 0 Å². The standard InChI is InChI=1S/C29H32O/c1-3-5-6-7-22-8-10-23(11-9-22)25-12-14-28-21-26(13-15-27(28)20-25)24-16-18-29(19-17-24)30-4-2/h3,5,8-11,13,15-19,21,25H,4,6-7,12,14,20H2,1-2H3/b5-3+. The summed E-state index contributed by atoms with van der Waals surface area (Å²) in [6.45, 7) is 4.81. The summed E-state index contributed by atoms with van der Waals surface area (Å²) in [6, 6.07) is 24.8. The fourth-order valence-electron chi connectivity index (χ4n) is 4.50. The summed E-state index contributed by atoms with van der Waals surface area (Å²) in [6.07, 6.45) is 10.2. The molecule has 1 unspecified atom stereocenters. The average molecular weight is 397 g/mol. The van der Waals surface area contributed by atoms with Crippen LogP contribution in [0.5, 0.6) is 5.75 Å². The van der Waals surface area contributed by atoms with Crippen molar-refractivity contribution >= 4 is 0 Å². The molecule has 0 aliphatic heterocycles. The van der Waals surface area contributed by atoms with Crippen LogP contribution in [0.25, 0.3) is 11.1 Å². The molecule has 1 nitrogen and oxygen atoms in total. The highest BCUT2D eigenvalue weighted by molar-refractivity contribution is 5.66. The Balaban J connectivity index is 1.44. The summed E-state index contributed by atoms with van der Waals surface area (Å²) in [4.78, 5) is 0. The van der Waals surface area contributed by atoms with Gasteiger partial charge in [0, 0.05) is 0 Å². The van der Waals surface area contributed by atoms with Gasteiger partial charge in [0.15, 0.2) is 0 Å². The minimum absolute atomic E-state index is 0.637. The van der Waals surface area contributed by atoms with Crippen molar-refractivity contribution in [3.63, 3.8) is 0 Å². The predicted octanol–water partition coefficient (Wildman–Crippen LogP) is 7.53. The van der Waals surface area contributed by atoms with Crippen LogP contribution in [-0.4, -0.2) is 6.61 Å². The topological polar surface area (TPSA) is 9.23 Å². The highest BCUT2D eigenvalue weighted by Gasteiger charge is 2.20. The van der Waals surface area contributed by atoms with Crippen molar-refractivity contribution in [3.05, 3.63) is 101 Å². The third-order valence-corrected chi connectivity index (χ3v) is 6.22. The Labute approximate surface area is 181 Å². The first-order valence-corrected chi connectivity index (χ1v) is 11.3. The van der Waals surface area contributed by atoms with E-state index in [1.165, 1.54) is 39.8 Å². The van der Waals surface area contributed by atoms with Crippen molar-refractivity contribution in [1.82, 2.24) is 0 Å². The molecule has 0 aromatic heterocycles. The second-order valence-corrected chi connectivity index (χ2v) is 8.23. The van der Waals surface area contributed by atoms with Gasteiger partial charge in [-0.25, -0.2) is 0 Å². The number of hydrogen-bond acceptors (Lipinski definition) is 1. The number of fused-ring (bicyclic) bond motifs is 1. The molecule has 0 fully saturated rings. The molecule has 4 rings (SSSR count). The van der Waals surface area contributed by atoms with E-state index < -0.39 is 0 Å². The maximum Gasteiger partial charge on any atom is 0.119 e. The zero-order chi connectivity index (χ0) is 20.8. The van der Waals surface area contributed by atoms with Gasteiger partial charge < -0.3 is 4.74 Å². The first kappa shape index (κ1) is 20.5. The van der Waals surface area contributed by atoms with Gasteiger partial charge in [0.05, 0.1) is 6.61 Å². The molecule has 1 heteroatoms. The lowest BCUT2D eigenvalue weighted by Gasteiger charge is -2.26. The van der Waals surface area contributed by atoms with Crippen molar-refractivity contribution in [1.29, 1.82) is 0 Å². The highest BCUT2D eigenvalue weighted by atomic mass is 16.5. The largest absolute Gasteiger partial charge is 0.494 e. The van der Waals surface area contributed by atoms with Crippen LogP contribution in [0.1, 0.15) is 54.9 Å². The molecule has 3 aromatic rings. The molecule has 0 bridgehead atoms. The SMILES string of the molecule is C/C=C/CCc1ccc(C2CCc3cc(-c4ccc(OCC)cc4)ccc3C2)cc1. The van der Waals surface area contributed by atoms with Crippen LogP contribution < -0.4 is 4.74 Å². The van der Waals surface area contributed by atoms with E-state index in [0.717, 1.165) is 31.4 Å². The molecule has 3 aromatic carbocycles. The Morgan fingerprint density at radius 1 is 0.900 bits per heavy atom. The molecule has 0 saturated heterocycles. The fourth-order valence-corrected chi connectivity index (χ4v) is 4.50. The zero-order valence-corrected chi connectivity index (χ0v) is 18.2. The van der Waals surface area contributed by atoms with Crippen LogP contribution in [0.4, 0.5) is 0 Å². The summed E-state index contributed by atoms with van der Waals surface area (Å²) >= 11 is 0. The van der Waals surface area contributed by atoms with E-state index in [-0.39, 0.29) is 0 Å². The minimum Gasteiger partial charge on any atom is -0.494 e. The van der Waals surface area contributed by atoms with Crippen LogP contribution in [0, 0.1) is 0 Å². The van der Waals surface area contributed by atoms with Gasteiger partial charge in [0.2, 0.25) is 0 Å². The van der Waals surface area contributed by atoms with Gasteiger partial charge >= 0.3 is 0 Å². The number of rotatable bonds is 7. The van der Waals surface area contributed by atoms with Crippen molar-refractivity contribution in [2.45, 2.75) is 51.9 Å². The Bertz CT molecular complexity index is 980. The molecule has 1 aliphatic carbocycles. The molecule has 0 amide bonds. The lowest BCUT2D eigenvalue weighted by Crippen LogP contribution is -2.13. The second-order valence-electron chi connectivity index (χ2n) is 8.23. The van der Waals surface area contributed by atoms with Gasteiger partial charge in [-0.3, -0.25) is 0 Å². The Hall–Kier alpha value is -2.80. The molecule has 30 heavy (non-hydrogen) atoms. The number of hydrogen-bond donors (Lipinski definition) is 0. The maximum absolute atomic E-state index is 5.57. The molecular weight excluding hydrogens is 364 g/mol. The van der Waals surface area contributed by atoms with Crippen molar-refractivity contribution in [3.8, 4) is 16.9 Å². The molecule has 0 saturated carbocycles. The van der Waals surface area contributed by atoms with E-state index in [0.29, 0.717) is 12.5 Å². The minimum atomic E-state index is 0.637. The normalized spacial score (nSPS) is 15.9. The molecule has 1 aliphatic rings. The van der Waals surface area contributed by atoms with Gasteiger partial charge in [-0.05, 0) is 97.4 Å². The smallest absolute Gasteiger partial charge is 0.119 e. The van der Waals surface area contributed by atoms with E-state index in [4.69, 9.17) is 4.74 Å². The Kier molecular flexibility index (Phi) is 6.69. The van der Waals surface area contributed by atoms with E-state index >= 15 is 0 Å². The number of benzene rings is 3. The third kappa shape index (κ3) is 4.84. The highest BCUT2D eigenvalue weighted by Crippen LogP contribution is 2.35. The van der Waals surface area contributed by atoms with Gasteiger partial charge in [-0.2, -0.15) is 0 Å². The summed E-state index contributed by atoms with van der Waals surface area (Å²) in [5.41, 5.74) is 8.52. The summed E-state index contributed by atoms with van der Waals surface area (Å²) < 4.78 is 5.57. The van der Waals surface area contributed by atoms with Gasteiger partial charge in [0.1, 0.15) is 5.75 Å². The van der Waals surface area contributed by atoms with Crippen molar-refractivity contribution in [2.24, 2.45) is 0 Å². The first-order valence-electron chi connectivity index (χ1n) is 11.3. The van der Waals surface area contributed by atoms with Crippen LogP contribution in [0.15, 0.2) is 78.9 Å². The molecule has 154 valence electrons. The third-order valence-electron chi connectivity index (χ3n) is 6.22. The Morgan fingerprint density at radius 3 is 2.40 bits per heavy atom. The number of allylic oxidation sites excluding steroid dienone is 2. The maximum atomic E-state index is 5.57. The monoisotopic (exact) mass is 396 g/mol. The van der Waals surface area contributed by atoms with Crippen LogP contribution in [0.3, 0.4) is 0 Å². The summed E-state index contributed by atoms with van der Waals surface area (Å²) in [5.74, 6) is 1.58. The fraction of sp³-hybridized carbons (Fsp3) is 0.310. The predicted molar refractivity (Wildman–Crippen MR) is 127 cm³/mol. The van der Waals surface area contributed by atoms with E-state index in [1.807, 2.05) is 6.92 Å². The van der Waals surface area contributed by atoms with Crippen LogP contribution in [0.2, 0.25) is 0 Å². The second kappa shape index (κ2) is 9.80. The number of aryl methyl sites for hydroxylation is 2. The summed E-state index contributed by atoms with van der Waals surface area (Å²) in [7, 11) is 0. The molecule has 0 N–H and O–H groups in total. The average Bonchev–Trinajstić information content (AvgIpc) is 2.80. The lowest BCUT2D eigenvalue weighted by atomic mass is 9.79. The number of ether oxygens (including phenoxy) is 1. The van der Waals surface area contributed by atoms with Crippen molar-refractivity contribution < 1.29 is 4.74 Å². The van der Waals surface area contributed by atoms with Crippen LogP contribution >= 0.6 is 0 Å². The summed E-state index contributed by atoms with van der Waals surface area (Å²) in [5, 5.41) is 0. The molecule has 0 spiro atoms. The van der Waals surface area contributed by atoms with Gasteiger partial charge in [-0.1, -0.05) is 66.7 Å². The van der Waals surface area contributed by atoms with Gasteiger partial charge in [0.25, 0.3) is 0 Å². The van der Waals surface area contributed by atoms with Crippen molar-refractivity contribution in [2.75, 3.05) is 6.61 Å². The molecule has 0 radical (unpaired) electrons. The Morgan fingerprint density at radius 2 is 1.67 bits per heavy atom. The first-order chi connectivity index (χ1) is 14.8.